The van der Waals surface area contributed by atoms with Gasteiger partial charge in [-0.2, -0.15) is 10.4 Å². The quantitative estimate of drug-likeness (QED) is 0.628. The molecule has 7 nitrogen and oxygen atoms in total. The van der Waals surface area contributed by atoms with E-state index in [4.69, 9.17) is 20.5 Å². The number of amides is 2. The molecule has 3 N–H and O–H groups in total. The lowest BCUT2D eigenvalue weighted by atomic mass is 10.2. The normalized spacial score (nSPS) is 9.95. The van der Waals surface area contributed by atoms with Crippen molar-refractivity contribution in [2.24, 2.45) is 10.8 Å². The number of carbonyl (C=O) groups excluding carboxylic acids is 1. The van der Waals surface area contributed by atoms with E-state index in [9.17, 15) is 4.79 Å². The van der Waals surface area contributed by atoms with Crippen LogP contribution < -0.4 is 20.6 Å². The molecule has 0 spiro atoms. The molecule has 0 fully saturated rings. The minimum atomic E-state index is -0.756. The van der Waals surface area contributed by atoms with Gasteiger partial charge in [0.2, 0.25) is 0 Å². The van der Waals surface area contributed by atoms with Crippen molar-refractivity contribution in [2.75, 3.05) is 13.7 Å². The number of hydrogen-bond donors (Lipinski definition) is 2. The Hall–Kier alpha value is -2.27. The van der Waals surface area contributed by atoms with Gasteiger partial charge in [-0.1, -0.05) is 0 Å². The zero-order valence-corrected chi connectivity index (χ0v) is 11.6. The Bertz CT molecular complexity index is 539. The van der Waals surface area contributed by atoms with Gasteiger partial charge in [0, 0.05) is 10.0 Å². The van der Waals surface area contributed by atoms with Crippen molar-refractivity contribution in [3.8, 4) is 17.6 Å². The van der Waals surface area contributed by atoms with E-state index in [2.05, 4.69) is 26.5 Å². The van der Waals surface area contributed by atoms with Gasteiger partial charge in [-0.25, -0.2) is 10.2 Å². The maximum atomic E-state index is 10.5. The highest BCUT2D eigenvalue weighted by Crippen LogP contribution is 2.32. The van der Waals surface area contributed by atoms with Gasteiger partial charge in [0.25, 0.3) is 0 Å². The van der Waals surface area contributed by atoms with E-state index < -0.39 is 6.03 Å². The van der Waals surface area contributed by atoms with E-state index in [-0.39, 0.29) is 6.61 Å². The monoisotopic (exact) mass is 326 g/mol. The molecule has 0 aliphatic rings. The average Bonchev–Trinajstić information content (AvgIpc) is 2.38. The minimum Gasteiger partial charge on any atom is -0.493 e. The van der Waals surface area contributed by atoms with Crippen LogP contribution in [-0.2, 0) is 0 Å². The van der Waals surface area contributed by atoms with Crippen LogP contribution in [0.3, 0.4) is 0 Å². The molecule has 2 amide bonds. The Labute approximate surface area is 118 Å². The highest BCUT2D eigenvalue weighted by Gasteiger charge is 2.09. The van der Waals surface area contributed by atoms with Gasteiger partial charge in [0.05, 0.1) is 13.3 Å². The Balaban J connectivity index is 2.99. The van der Waals surface area contributed by atoms with Gasteiger partial charge in [0.1, 0.15) is 6.07 Å². The van der Waals surface area contributed by atoms with Crippen LogP contribution in [0.5, 0.6) is 11.5 Å². The Morgan fingerprint density at radius 3 is 2.95 bits per heavy atom. The number of nitriles is 1. The smallest absolute Gasteiger partial charge is 0.332 e. The van der Waals surface area contributed by atoms with Crippen LogP contribution >= 0.6 is 15.9 Å². The van der Waals surface area contributed by atoms with Gasteiger partial charge in [-0.3, -0.25) is 0 Å². The Morgan fingerprint density at radius 2 is 2.37 bits per heavy atom. The number of rotatable bonds is 5. The first kappa shape index (κ1) is 14.8. The number of benzene rings is 1. The third-order valence-corrected chi connectivity index (χ3v) is 2.64. The number of primary amides is 1. The number of nitrogens with zero attached hydrogens (tertiary/aromatic N) is 2. The fraction of sp³-hybridized carbons (Fsp3) is 0.182. The van der Waals surface area contributed by atoms with Crippen LogP contribution in [0.2, 0.25) is 0 Å². The molecule has 0 bridgehead atoms. The van der Waals surface area contributed by atoms with Crippen LogP contribution in [0.25, 0.3) is 0 Å². The standard InChI is InChI=1S/C11H11BrN4O3/c1-18-9-4-7(6-15-16-11(14)17)8(12)5-10(9)19-3-2-13/h4-6H,3H2,1H3,(H3,14,16,17). The van der Waals surface area contributed by atoms with Crippen LogP contribution in [-0.4, -0.2) is 26.0 Å². The van der Waals surface area contributed by atoms with E-state index in [0.717, 1.165) is 0 Å². The first-order valence-corrected chi connectivity index (χ1v) is 5.83. The number of methoxy groups -OCH3 is 1. The van der Waals surface area contributed by atoms with Gasteiger partial charge >= 0.3 is 6.03 Å². The van der Waals surface area contributed by atoms with Crippen molar-refractivity contribution in [1.29, 1.82) is 5.26 Å². The summed E-state index contributed by atoms with van der Waals surface area (Å²) in [5.41, 5.74) is 7.61. The topological polar surface area (TPSA) is 110 Å². The van der Waals surface area contributed by atoms with Crippen molar-refractivity contribution in [1.82, 2.24) is 5.43 Å². The summed E-state index contributed by atoms with van der Waals surface area (Å²) in [6, 6.07) is 4.39. The molecule has 0 saturated carbocycles. The molecule has 19 heavy (non-hydrogen) atoms. The van der Waals surface area contributed by atoms with Crippen molar-refractivity contribution in [3.63, 3.8) is 0 Å². The van der Waals surface area contributed by atoms with Crippen LogP contribution in [0.4, 0.5) is 4.79 Å². The molecule has 1 aromatic carbocycles. The zero-order chi connectivity index (χ0) is 14.3. The van der Waals surface area contributed by atoms with Crippen LogP contribution in [0.1, 0.15) is 5.56 Å². The van der Waals surface area contributed by atoms with E-state index in [0.29, 0.717) is 21.5 Å². The first-order valence-electron chi connectivity index (χ1n) is 5.04. The Kier molecular flexibility index (Phi) is 5.63. The molecule has 0 heterocycles. The van der Waals surface area contributed by atoms with Crippen molar-refractivity contribution >= 4 is 28.2 Å². The largest absolute Gasteiger partial charge is 0.493 e. The second-order valence-electron chi connectivity index (χ2n) is 3.21. The summed E-state index contributed by atoms with van der Waals surface area (Å²) in [6.07, 6.45) is 1.39. The fourth-order valence-corrected chi connectivity index (χ4v) is 1.62. The molecular weight excluding hydrogens is 316 g/mol. The molecule has 0 aromatic heterocycles. The average molecular weight is 327 g/mol. The molecule has 1 rings (SSSR count). The van der Waals surface area contributed by atoms with Crippen molar-refractivity contribution < 1.29 is 14.3 Å². The summed E-state index contributed by atoms with van der Waals surface area (Å²) in [4.78, 5) is 10.5. The SMILES string of the molecule is COc1cc(C=NNC(N)=O)c(Br)cc1OCC#N. The van der Waals surface area contributed by atoms with Crippen molar-refractivity contribution in [2.45, 2.75) is 0 Å². The molecular formula is C11H11BrN4O3. The highest BCUT2D eigenvalue weighted by molar-refractivity contribution is 9.10. The summed E-state index contributed by atoms with van der Waals surface area (Å²) >= 11 is 3.32. The first-order chi connectivity index (χ1) is 9.08. The second kappa shape index (κ2) is 7.23. The number of ether oxygens (including phenoxy) is 2. The summed E-state index contributed by atoms with van der Waals surface area (Å²) in [5, 5.41) is 12.1. The minimum absolute atomic E-state index is 0.0839. The predicted molar refractivity (Wildman–Crippen MR) is 72.1 cm³/mol. The van der Waals surface area contributed by atoms with E-state index in [1.807, 2.05) is 6.07 Å². The number of hydrogen-bond acceptors (Lipinski definition) is 5. The Morgan fingerprint density at radius 1 is 1.63 bits per heavy atom. The molecule has 1 aromatic rings. The number of nitrogens with one attached hydrogen (secondary N) is 1. The maximum Gasteiger partial charge on any atom is 0.332 e. The molecule has 0 unspecified atom stereocenters. The predicted octanol–water partition coefficient (Wildman–Crippen LogP) is 1.36. The maximum absolute atomic E-state index is 10.5. The lowest BCUT2D eigenvalue weighted by Gasteiger charge is -2.10. The van der Waals surface area contributed by atoms with Gasteiger partial charge in [-0.05, 0) is 28.1 Å². The molecule has 0 aliphatic heterocycles. The van der Waals surface area contributed by atoms with E-state index in [1.54, 1.807) is 12.1 Å². The van der Waals surface area contributed by atoms with Crippen LogP contribution in [0.15, 0.2) is 21.7 Å². The third kappa shape index (κ3) is 4.48. The highest BCUT2D eigenvalue weighted by atomic mass is 79.9. The molecule has 100 valence electrons. The van der Waals surface area contributed by atoms with E-state index >= 15 is 0 Å². The lowest BCUT2D eigenvalue weighted by Crippen LogP contribution is -2.24. The third-order valence-electron chi connectivity index (χ3n) is 1.95. The summed E-state index contributed by atoms with van der Waals surface area (Å²) in [7, 11) is 1.48. The summed E-state index contributed by atoms with van der Waals surface area (Å²) in [6.45, 7) is -0.0839. The van der Waals surface area contributed by atoms with Crippen LogP contribution in [0, 0.1) is 11.3 Å². The van der Waals surface area contributed by atoms with Crippen molar-refractivity contribution in [3.05, 3.63) is 22.2 Å². The van der Waals surface area contributed by atoms with Gasteiger partial charge < -0.3 is 15.2 Å². The summed E-state index contributed by atoms with van der Waals surface area (Å²) < 4.78 is 11.0. The molecule has 8 heteroatoms. The second-order valence-corrected chi connectivity index (χ2v) is 4.06. The van der Waals surface area contributed by atoms with E-state index in [1.165, 1.54) is 13.3 Å². The number of urea groups is 1. The number of hydrazone groups is 1. The van der Waals surface area contributed by atoms with Gasteiger partial charge in [-0.15, -0.1) is 0 Å². The number of halogens is 1. The zero-order valence-electron chi connectivity index (χ0n) is 10.0. The molecule has 0 aliphatic carbocycles. The fourth-order valence-electron chi connectivity index (χ4n) is 1.20. The number of nitrogens with two attached hydrogens (primary N) is 1. The molecule has 0 saturated heterocycles. The molecule has 0 radical (unpaired) electrons. The number of carbonyl (C=O) groups is 1. The lowest BCUT2D eigenvalue weighted by molar-refractivity contribution is 0.249. The molecule has 0 atom stereocenters. The summed E-state index contributed by atoms with van der Waals surface area (Å²) in [5.74, 6) is 0.870. The van der Waals surface area contributed by atoms with Gasteiger partial charge in [0.15, 0.2) is 18.1 Å².